The van der Waals surface area contributed by atoms with Crippen LogP contribution >= 0.6 is 24.0 Å². The van der Waals surface area contributed by atoms with E-state index in [0.717, 1.165) is 24.2 Å². The van der Waals surface area contributed by atoms with Gasteiger partial charge in [0.1, 0.15) is 0 Å². The van der Waals surface area contributed by atoms with Crippen LogP contribution in [-0.2, 0) is 21.4 Å². The number of rotatable bonds is 9. The van der Waals surface area contributed by atoms with Crippen molar-refractivity contribution >= 4 is 51.6 Å². The van der Waals surface area contributed by atoms with Gasteiger partial charge in [-0.1, -0.05) is 12.1 Å². The number of benzene rings is 1. The summed E-state index contributed by atoms with van der Waals surface area (Å²) in [5.74, 6) is 0.938. The van der Waals surface area contributed by atoms with Crippen LogP contribution in [0.1, 0.15) is 31.7 Å². The van der Waals surface area contributed by atoms with Crippen LogP contribution in [0.5, 0.6) is 0 Å². The van der Waals surface area contributed by atoms with Crippen molar-refractivity contribution in [1.29, 1.82) is 0 Å². The van der Waals surface area contributed by atoms with Gasteiger partial charge in [0.05, 0.1) is 5.75 Å². The summed E-state index contributed by atoms with van der Waals surface area (Å²) in [6, 6.07) is 7.94. The maximum absolute atomic E-state index is 11.8. The number of nitrogens with zero attached hydrogens (tertiary/aromatic N) is 2. The van der Waals surface area contributed by atoms with E-state index in [-0.39, 0.29) is 35.6 Å². The first-order valence-corrected chi connectivity index (χ1v) is 10.9. The summed E-state index contributed by atoms with van der Waals surface area (Å²) >= 11 is 0. The van der Waals surface area contributed by atoms with Crippen LogP contribution in [0, 0.1) is 0 Å². The van der Waals surface area contributed by atoms with E-state index in [1.54, 1.807) is 14.0 Å². The van der Waals surface area contributed by atoms with Crippen LogP contribution in [0.4, 0.5) is 5.69 Å². The minimum Gasteiger partial charge on any atom is -0.356 e. The fraction of sp³-hybridized carbons (Fsp3) is 0.556. The van der Waals surface area contributed by atoms with Crippen molar-refractivity contribution in [3.8, 4) is 0 Å². The van der Waals surface area contributed by atoms with Crippen molar-refractivity contribution in [3.63, 3.8) is 0 Å². The van der Waals surface area contributed by atoms with Gasteiger partial charge in [-0.3, -0.25) is 9.79 Å². The number of sulfonamides is 1. The molecule has 0 atom stereocenters. The van der Waals surface area contributed by atoms with Gasteiger partial charge in [0.15, 0.2) is 5.96 Å². The highest BCUT2D eigenvalue weighted by molar-refractivity contribution is 14.0. The summed E-state index contributed by atoms with van der Waals surface area (Å²) < 4.78 is 25.2. The molecule has 1 aromatic rings. The van der Waals surface area contributed by atoms with Crippen LogP contribution in [0.15, 0.2) is 29.3 Å². The summed E-state index contributed by atoms with van der Waals surface area (Å²) in [4.78, 5) is 17.8. The Balaban J connectivity index is 0.00000392. The second kappa shape index (κ2) is 12.2. The summed E-state index contributed by atoms with van der Waals surface area (Å²) in [5, 5.41) is 6.38. The third kappa shape index (κ3) is 7.92. The number of hydrogen-bond donors (Lipinski definition) is 3. The molecule has 0 radical (unpaired) electrons. The molecule has 1 saturated heterocycles. The van der Waals surface area contributed by atoms with Gasteiger partial charge < -0.3 is 15.5 Å². The Hall–Kier alpha value is -1.40. The van der Waals surface area contributed by atoms with Gasteiger partial charge in [-0.15, -0.1) is 24.0 Å². The first-order valence-electron chi connectivity index (χ1n) is 9.26. The van der Waals surface area contributed by atoms with Crippen LogP contribution < -0.4 is 20.3 Å². The predicted octanol–water partition coefficient (Wildman–Crippen LogP) is 1.43. The summed E-state index contributed by atoms with van der Waals surface area (Å²) in [6.07, 6.45) is 2.22. The average molecular weight is 523 g/mol. The number of anilines is 1. The number of amides is 1. The fourth-order valence-electron chi connectivity index (χ4n) is 2.75. The molecule has 158 valence electrons. The van der Waals surface area contributed by atoms with Crippen molar-refractivity contribution in [2.24, 2.45) is 4.99 Å². The Labute approximate surface area is 184 Å². The molecular formula is C18H30IN5O3S. The third-order valence-corrected chi connectivity index (χ3v) is 5.76. The van der Waals surface area contributed by atoms with Crippen molar-refractivity contribution < 1.29 is 13.2 Å². The van der Waals surface area contributed by atoms with E-state index in [1.165, 1.54) is 0 Å². The lowest BCUT2D eigenvalue weighted by Gasteiger charge is -2.16. The molecule has 1 fully saturated rings. The molecule has 0 saturated carbocycles. The number of carbonyl (C=O) groups is 1. The Bertz CT molecular complexity index is 753. The zero-order valence-corrected chi connectivity index (χ0v) is 19.5. The zero-order valence-electron chi connectivity index (χ0n) is 16.4. The number of nitrogens with one attached hydrogen (secondary N) is 3. The summed E-state index contributed by atoms with van der Waals surface area (Å²) in [6.45, 7) is 4.03. The van der Waals surface area contributed by atoms with Crippen LogP contribution in [-0.4, -0.2) is 52.7 Å². The Kier molecular flexibility index (Phi) is 10.8. The van der Waals surface area contributed by atoms with Crippen LogP contribution in [0.2, 0.25) is 0 Å². The molecule has 10 heteroatoms. The lowest BCUT2D eigenvalue weighted by molar-refractivity contribution is -0.117. The lowest BCUT2D eigenvalue weighted by atomic mass is 10.2. The maximum atomic E-state index is 11.8. The van der Waals surface area contributed by atoms with Gasteiger partial charge >= 0.3 is 0 Å². The van der Waals surface area contributed by atoms with Crippen molar-refractivity contribution in [1.82, 2.24) is 15.4 Å². The first-order chi connectivity index (χ1) is 12.9. The largest absolute Gasteiger partial charge is 0.356 e. The fourth-order valence-corrected chi connectivity index (χ4v) is 3.41. The van der Waals surface area contributed by atoms with Gasteiger partial charge in [-0.25, -0.2) is 13.1 Å². The van der Waals surface area contributed by atoms with E-state index in [9.17, 15) is 13.2 Å². The van der Waals surface area contributed by atoms with E-state index in [0.29, 0.717) is 38.4 Å². The molecular weight excluding hydrogens is 493 g/mol. The first kappa shape index (κ1) is 24.6. The lowest BCUT2D eigenvalue weighted by Crippen LogP contribution is -2.38. The van der Waals surface area contributed by atoms with Crippen molar-refractivity contribution in [3.05, 3.63) is 29.8 Å². The van der Waals surface area contributed by atoms with Gasteiger partial charge in [-0.2, -0.15) is 0 Å². The molecule has 3 N–H and O–H groups in total. The molecule has 1 aliphatic heterocycles. The quantitative estimate of drug-likeness (QED) is 0.197. The Morgan fingerprint density at radius 1 is 1.18 bits per heavy atom. The van der Waals surface area contributed by atoms with E-state index in [2.05, 4.69) is 20.3 Å². The highest BCUT2D eigenvalue weighted by Crippen LogP contribution is 2.21. The molecule has 1 aromatic carbocycles. The second-order valence-electron chi connectivity index (χ2n) is 6.32. The van der Waals surface area contributed by atoms with Gasteiger partial charge in [0, 0.05) is 45.3 Å². The Morgan fingerprint density at radius 3 is 2.46 bits per heavy atom. The molecule has 1 aliphatic rings. The Morgan fingerprint density at radius 2 is 1.89 bits per heavy atom. The molecule has 2 rings (SSSR count). The SMILES string of the molecule is CCS(=O)(=O)NCCCNC(=NC)NCc1ccc(N2CCCC2=O)cc1.I. The van der Waals surface area contributed by atoms with Crippen molar-refractivity contribution in [2.75, 3.05) is 37.3 Å². The normalized spacial score (nSPS) is 14.7. The highest BCUT2D eigenvalue weighted by Gasteiger charge is 2.21. The number of guanidine groups is 1. The van der Waals surface area contributed by atoms with E-state index >= 15 is 0 Å². The molecule has 28 heavy (non-hydrogen) atoms. The maximum Gasteiger partial charge on any atom is 0.227 e. The smallest absolute Gasteiger partial charge is 0.227 e. The number of halogens is 1. The van der Waals surface area contributed by atoms with Gasteiger partial charge in [0.25, 0.3) is 0 Å². The molecule has 1 amide bonds. The average Bonchev–Trinajstić information content (AvgIpc) is 3.10. The molecule has 0 aromatic heterocycles. The number of hydrogen-bond acceptors (Lipinski definition) is 4. The van der Waals surface area contributed by atoms with Crippen LogP contribution in [0.25, 0.3) is 0 Å². The minimum absolute atomic E-state index is 0. The molecule has 0 bridgehead atoms. The van der Waals surface area contributed by atoms with Crippen LogP contribution in [0.3, 0.4) is 0 Å². The molecule has 0 unspecified atom stereocenters. The molecule has 0 spiro atoms. The zero-order chi connectivity index (χ0) is 19.7. The molecule has 8 nitrogen and oxygen atoms in total. The molecule has 1 heterocycles. The number of aliphatic imine (C=N–C) groups is 1. The summed E-state index contributed by atoms with van der Waals surface area (Å²) in [7, 11) is -1.44. The predicted molar refractivity (Wildman–Crippen MR) is 124 cm³/mol. The highest BCUT2D eigenvalue weighted by atomic mass is 127. The monoisotopic (exact) mass is 523 g/mol. The standard InChI is InChI=1S/C18H29N5O3S.HI/c1-3-27(25,26)22-12-5-11-20-18(19-2)21-14-15-7-9-16(10-8-15)23-13-4-6-17(23)24;/h7-10,22H,3-6,11-14H2,1-2H3,(H2,19,20,21);1H. The third-order valence-electron chi connectivity index (χ3n) is 4.35. The number of carbonyl (C=O) groups excluding carboxylic acids is 1. The summed E-state index contributed by atoms with van der Waals surface area (Å²) in [5.41, 5.74) is 2.03. The minimum atomic E-state index is -3.13. The van der Waals surface area contributed by atoms with E-state index in [1.807, 2.05) is 29.2 Å². The van der Waals surface area contributed by atoms with E-state index in [4.69, 9.17) is 0 Å². The van der Waals surface area contributed by atoms with Gasteiger partial charge in [-0.05, 0) is 37.5 Å². The van der Waals surface area contributed by atoms with E-state index < -0.39 is 10.0 Å². The van der Waals surface area contributed by atoms with Gasteiger partial charge in [0.2, 0.25) is 15.9 Å². The second-order valence-corrected chi connectivity index (χ2v) is 8.41. The molecule has 0 aliphatic carbocycles. The van der Waals surface area contributed by atoms with Crippen molar-refractivity contribution in [2.45, 2.75) is 32.7 Å². The topological polar surface area (TPSA) is 103 Å².